The van der Waals surface area contributed by atoms with Gasteiger partial charge in [0.1, 0.15) is 0 Å². The van der Waals surface area contributed by atoms with Crippen LogP contribution in [0, 0.1) is 0 Å². The number of nitrogens with zero attached hydrogens (tertiary/aromatic N) is 1. The number of methoxy groups -OCH3 is 1. The first-order valence-electron chi connectivity index (χ1n) is 4.26. The van der Waals surface area contributed by atoms with Crippen molar-refractivity contribution in [2.75, 3.05) is 7.11 Å². The molecule has 0 atom stereocenters. The summed E-state index contributed by atoms with van der Waals surface area (Å²) in [6.07, 6.45) is -4.38. The van der Waals surface area contributed by atoms with Crippen LogP contribution < -0.4 is 9.47 Å². The maximum absolute atomic E-state index is 12.0. The van der Waals surface area contributed by atoms with Gasteiger partial charge >= 0.3 is 6.36 Å². The van der Waals surface area contributed by atoms with Crippen molar-refractivity contribution in [3.63, 3.8) is 0 Å². The lowest BCUT2D eigenvalue weighted by Gasteiger charge is -2.12. The van der Waals surface area contributed by atoms with Crippen LogP contribution in [0.3, 0.4) is 0 Å². The number of carbonyl (C=O) groups is 1. The molecule has 0 aromatic carbocycles. The van der Waals surface area contributed by atoms with Gasteiger partial charge in [0.2, 0.25) is 11.8 Å². The van der Waals surface area contributed by atoms with E-state index in [9.17, 15) is 18.0 Å². The number of hydrogen-bond acceptors (Lipinski definition) is 4. The van der Waals surface area contributed by atoms with Crippen LogP contribution in [0.2, 0.25) is 0 Å². The van der Waals surface area contributed by atoms with Crippen LogP contribution in [0.5, 0.6) is 11.8 Å². The van der Waals surface area contributed by atoms with Gasteiger partial charge in [-0.15, -0.1) is 13.2 Å². The number of pyridine rings is 1. The van der Waals surface area contributed by atoms with Crippen LogP contribution in [-0.4, -0.2) is 24.7 Å². The third-order valence-electron chi connectivity index (χ3n) is 1.76. The maximum atomic E-state index is 12.0. The van der Waals surface area contributed by atoms with Crippen molar-refractivity contribution >= 4 is 22.2 Å². The number of aromatic nitrogens is 1. The third-order valence-corrected chi connectivity index (χ3v) is 2.37. The van der Waals surface area contributed by atoms with E-state index in [-0.39, 0.29) is 16.8 Å². The number of rotatable bonds is 4. The van der Waals surface area contributed by atoms with E-state index in [0.717, 1.165) is 6.07 Å². The molecule has 0 N–H and O–H groups in total. The normalized spacial score (nSPS) is 11.1. The highest BCUT2D eigenvalue weighted by molar-refractivity contribution is 9.08. The molecule has 0 unspecified atom stereocenters. The van der Waals surface area contributed by atoms with Gasteiger partial charge in [-0.3, -0.25) is 4.79 Å². The van der Waals surface area contributed by atoms with E-state index in [0.29, 0.717) is 11.8 Å². The van der Waals surface area contributed by atoms with Crippen molar-refractivity contribution in [2.24, 2.45) is 0 Å². The van der Waals surface area contributed by atoms with Gasteiger partial charge in [-0.2, -0.15) is 4.98 Å². The number of ether oxygens (including phenoxy) is 2. The molecule has 0 fully saturated rings. The Hall–Kier alpha value is -1.31. The van der Waals surface area contributed by atoms with Gasteiger partial charge in [-0.25, -0.2) is 0 Å². The zero-order chi connectivity index (χ0) is 13.1. The van der Waals surface area contributed by atoms with Gasteiger partial charge in [0, 0.05) is 11.4 Å². The Balaban J connectivity index is 3.22. The quantitative estimate of drug-likeness (QED) is 0.633. The predicted octanol–water partition coefficient (Wildman–Crippen LogP) is 2.70. The summed E-state index contributed by atoms with van der Waals surface area (Å²) in [5.41, 5.74) is 0.380. The van der Waals surface area contributed by atoms with Gasteiger partial charge in [0.15, 0.2) is 6.29 Å². The highest BCUT2D eigenvalue weighted by Crippen LogP contribution is 2.28. The minimum atomic E-state index is -4.84. The Labute approximate surface area is 103 Å². The summed E-state index contributed by atoms with van der Waals surface area (Å²) in [6, 6.07) is 1.02. The van der Waals surface area contributed by atoms with Crippen molar-refractivity contribution in [1.82, 2.24) is 4.98 Å². The molecule has 94 valence electrons. The fourth-order valence-corrected chi connectivity index (χ4v) is 1.58. The van der Waals surface area contributed by atoms with Crippen LogP contribution in [0.15, 0.2) is 6.07 Å². The van der Waals surface area contributed by atoms with Crippen LogP contribution in [0.4, 0.5) is 13.2 Å². The van der Waals surface area contributed by atoms with Crippen LogP contribution in [-0.2, 0) is 5.33 Å². The first kappa shape index (κ1) is 13.8. The fourth-order valence-electron chi connectivity index (χ4n) is 1.12. The lowest BCUT2D eigenvalue weighted by Crippen LogP contribution is -2.18. The molecule has 1 aromatic rings. The van der Waals surface area contributed by atoms with E-state index in [2.05, 4.69) is 25.7 Å². The Morgan fingerprint density at radius 2 is 2.18 bits per heavy atom. The van der Waals surface area contributed by atoms with Crippen LogP contribution in [0.1, 0.15) is 15.9 Å². The zero-order valence-corrected chi connectivity index (χ0v) is 10.1. The second-order valence-corrected chi connectivity index (χ2v) is 3.40. The summed E-state index contributed by atoms with van der Waals surface area (Å²) in [5, 5.41) is 0.175. The number of hydrogen-bond donors (Lipinski definition) is 0. The van der Waals surface area contributed by atoms with Gasteiger partial charge in [0.05, 0.1) is 12.7 Å². The van der Waals surface area contributed by atoms with E-state index in [4.69, 9.17) is 4.74 Å². The van der Waals surface area contributed by atoms with Crippen LogP contribution in [0.25, 0.3) is 0 Å². The van der Waals surface area contributed by atoms with Crippen molar-refractivity contribution in [3.8, 4) is 11.8 Å². The number of alkyl halides is 4. The Morgan fingerprint density at radius 1 is 1.53 bits per heavy atom. The summed E-state index contributed by atoms with van der Waals surface area (Å²) >= 11 is 3.05. The fraction of sp³-hybridized carbons (Fsp3) is 0.333. The molecule has 0 spiro atoms. The smallest absolute Gasteiger partial charge is 0.480 e. The number of carbonyl (C=O) groups excluding carboxylic acids is 1. The monoisotopic (exact) mass is 313 g/mol. The number of aldehydes is 1. The van der Waals surface area contributed by atoms with Gasteiger partial charge in [0.25, 0.3) is 0 Å². The Morgan fingerprint density at radius 3 is 2.59 bits per heavy atom. The maximum Gasteiger partial charge on any atom is 0.574 e. The zero-order valence-electron chi connectivity index (χ0n) is 8.55. The molecule has 0 bridgehead atoms. The van der Waals surface area contributed by atoms with Crippen molar-refractivity contribution in [3.05, 3.63) is 17.2 Å². The van der Waals surface area contributed by atoms with Crippen molar-refractivity contribution < 1.29 is 27.4 Å². The summed E-state index contributed by atoms with van der Waals surface area (Å²) in [4.78, 5) is 14.2. The van der Waals surface area contributed by atoms with E-state index in [1.165, 1.54) is 7.11 Å². The lowest BCUT2D eigenvalue weighted by atomic mass is 10.2. The first-order chi connectivity index (χ1) is 7.91. The molecule has 1 rings (SSSR count). The second kappa shape index (κ2) is 5.35. The first-order valence-corrected chi connectivity index (χ1v) is 5.38. The second-order valence-electron chi connectivity index (χ2n) is 2.84. The molecular formula is C9H7BrF3NO3. The molecule has 0 saturated heterocycles. The molecule has 0 saturated carbocycles. The van der Waals surface area contributed by atoms with E-state index in [1.807, 2.05) is 0 Å². The van der Waals surface area contributed by atoms with Gasteiger partial charge in [-0.1, -0.05) is 15.9 Å². The highest BCUT2D eigenvalue weighted by Gasteiger charge is 2.32. The molecular weight excluding hydrogens is 307 g/mol. The molecule has 0 aliphatic heterocycles. The molecule has 0 amide bonds. The van der Waals surface area contributed by atoms with Crippen molar-refractivity contribution in [2.45, 2.75) is 11.7 Å². The average Bonchev–Trinajstić information content (AvgIpc) is 2.25. The van der Waals surface area contributed by atoms with Gasteiger partial charge in [-0.05, 0) is 5.56 Å². The minimum absolute atomic E-state index is 0.0823. The minimum Gasteiger partial charge on any atom is -0.480 e. The molecule has 8 heteroatoms. The Kier molecular flexibility index (Phi) is 4.33. The molecule has 0 aliphatic carbocycles. The Bertz CT molecular complexity index is 397. The molecule has 0 aliphatic rings. The third kappa shape index (κ3) is 3.58. The largest absolute Gasteiger partial charge is 0.574 e. The summed E-state index contributed by atoms with van der Waals surface area (Å²) in [6.45, 7) is 0. The lowest BCUT2D eigenvalue weighted by molar-refractivity contribution is -0.276. The van der Waals surface area contributed by atoms with E-state index < -0.39 is 12.2 Å². The summed E-state index contributed by atoms with van der Waals surface area (Å²) < 4.78 is 44.4. The SMILES string of the molecule is COc1nc(OC(F)(F)F)cc(CBr)c1C=O. The molecule has 0 radical (unpaired) electrons. The number of halogens is 4. The summed E-state index contributed by atoms with van der Waals surface area (Å²) in [7, 11) is 1.20. The highest BCUT2D eigenvalue weighted by atomic mass is 79.9. The average molecular weight is 314 g/mol. The topological polar surface area (TPSA) is 48.4 Å². The van der Waals surface area contributed by atoms with Gasteiger partial charge < -0.3 is 9.47 Å². The van der Waals surface area contributed by atoms with E-state index >= 15 is 0 Å². The predicted molar refractivity (Wildman–Crippen MR) is 55.5 cm³/mol. The standard InChI is InChI=1S/C9H7BrF3NO3/c1-16-8-6(4-15)5(3-10)2-7(14-8)17-9(11,12)13/h2,4H,3H2,1H3. The van der Waals surface area contributed by atoms with Crippen molar-refractivity contribution in [1.29, 1.82) is 0 Å². The van der Waals surface area contributed by atoms with Crippen LogP contribution >= 0.6 is 15.9 Å². The molecule has 1 aromatic heterocycles. The molecule has 4 nitrogen and oxygen atoms in total. The molecule has 1 heterocycles. The molecule has 17 heavy (non-hydrogen) atoms. The summed E-state index contributed by atoms with van der Waals surface area (Å²) in [5.74, 6) is -0.884. The van der Waals surface area contributed by atoms with E-state index in [1.54, 1.807) is 0 Å².